The van der Waals surface area contributed by atoms with E-state index in [-0.39, 0.29) is 17.8 Å². The Morgan fingerprint density at radius 1 is 1.09 bits per heavy atom. The Bertz CT molecular complexity index is 1300. The minimum Gasteiger partial charge on any atom is -0.343 e. The maximum atomic E-state index is 14.0. The van der Waals surface area contributed by atoms with Crippen LogP contribution in [-0.4, -0.2) is 15.6 Å². The van der Waals surface area contributed by atoms with Gasteiger partial charge in [0.25, 0.3) is 0 Å². The first kappa shape index (κ1) is 21.4. The summed E-state index contributed by atoms with van der Waals surface area (Å²) in [5.74, 6) is -0.417. The van der Waals surface area contributed by atoms with E-state index in [4.69, 9.17) is 0 Å². The monoisotopic (exact) mass is 442 g/mol. The molecule has 164 valence electrons. The fourth-order valence-electron chi connectivity index (χ4n) is 3.48. The molecule has 4 aromatic rings. The SMILES string of the molecule is Cc1ccc(NC(=O)Nc2cccc3c2ccn3Cc2ccncc2F)cc1C(F)(F)F. The first-order valence-corrected chi connectivity index (χ1v) is 9.64. The van der Waals surface area contributed by atoms with Crippen molar-refractivity contribution in [3.05, 3.63) is 89.6 Å². The molecule has 2 N–H and O–H groups in total. The number of nitrogens with one attached hydrogen (secondary N) is 2. The fraction of sp³-hybridized carbons (Fsp3) is 0.130. The summed E-state index contributed by atoms with van der Waals surface area (Å²) in [5.41, 5.74) is 0.982. The molecule has 0 fully saturated rings. The number of benzene rings is 2. The van der Waals surface area contributed by atoms with E-state index in [0.29, 0.717) is 16.6 Å². The molecular formula is C23H18F4N4O. The van der Waals surface area contributed by atoms with E-state index in [1.54, 1.807) is 30.5 Å². The second-order valence-electron chi connectivity index (χ2n) is 7.26. The molecule has 2 aromatic heterocycles. The third-order valence-corrected chi connectivity index (χ3v) is 5.06. The lowest BCUT2D eigenvalue weighted by Crippen LogP contribution is -2.20. The molecule has 9 heteroatoms. The topological polar surface area (TPSA) is 59.0 Å². The average Bonchev–Trinajstić information content (AvgIpc) is 3.14. The lowest BCUT2D eigenvalue weighted by molar-refractivity contribution is -0.138. The third kappa shape index (κ3) is 4.41. The molecule has 2 aromatic carbocycles. The van der Waals surface area contributed by atoms with E-state index in [0.717, 1.165) is 17.8 Å². The van der Waals surface area contributed by atoms with Crippen molar-refractivity contribution in [2.24, 2.45) is 0 Å². The zero-order valence-corrected chi connectivity index (χ0v) is 16.9. The molecule has 0 unspecified atom stereocenters. The molecule has 4 rings (SSSR count). The van der Waals surface area contributed by atoms with Crippen molar-refractivity contribution in [2.75, 3.05) is 10.6 Å². The van der Waals surface area contributed by atoms with E-state index in [1.807, 2.05) is 10.6 Å². The van der Waals surface area contributed by atoms with Gasteiger partial charge in [-0.1, -0.05) is 12.1 Å². The molecule has 2 heterocycles. The number of alkyl halides is 3. The highest BCUT2D eigenvalue weighted by Gasteiger charge is 2.32. The van der Waals surface area contributed by atoms with E-state index in [9.17, 15) is 22.4 Å². The highest BCUT2D eigenvalue weighted by atomic mass is 19.4. The van der Waals surface area contributed by atoms with Gasteiger partial charge in [-0.25, -0.2) is 9.18 Å². The van der Waals surface area contributed by atoms with Crippen LogP contribution in [0.5, 0.6) is 0 Å². The van der Waals surface area contributed by atoms with Gasteiger partial charge in [-0.3, -0.25) is 4.98 Å². The van der Waals surface area contributed by atoms with Gasteiger partial charge in [-0.15, -0.1) is 0 Å². The van der Waals surface area contributed by atoms with E-state index in [1.165, 1.54) is 25.3 Å². The lowest BCUT2D eigenvalue weighted by Gasteiger charge is -2.13. The number of carbonyl (C=O) groups is 1. The van der Waals surface area contributed by atoms with Crippen LogP contribution in [0, 0.1) is 12.7 Å². The Morgan fingerprint density at radius 2 is 1.91 bits per heavy atom. The molecule has 0 bridgehead atoms. The first-order valence-electron chi connectivity index (χ1n) is 9.64. The maximum Gasteiger partial charge on any atom is 0.416 e. The van der Waals surface area contributed by atoms with Crippen LogP contribution in [-0.2, 0) is 12.7 Å². The van der Waals surface area contributed by atoms with E-state index < -0.39 is 23.6 Å². The summed E-state index contributed by atoms with van der Waals surface area (Å²) in [5, 5.41) is 5.81. The molecule has 0 saturated heterocycles. The first-order chi connectivity index (χ1) is 15.2. The van der Waals surface area contributed by atoms with Crippen LogP contribution in [0.2, 0.25) is 0 Å². The quantitative estimate of drug-likeness (QED) is 0.370. The minimum absolute atomic E-state index is 0.0262. The molecule has 0 aliphatic rings. The number of halogens is 4. The summed E-state index contributed by atoms with van der Waals surface area (Å²) >= 11 is 0. The Labute approximate surface area is 180 Å². The second-order valence-corrected chi connectivity index (χ2v) is 7.26. The second kappa shape index (κ2) is 8.33. The molecule has 5 nitrogen and oxygen atoms in total. The van der Waals surface area contributed by atoms with Gasteiger partial charge in [0.05, 0.1) is 29.5 Å². The van der Waals surface area contributed by atoms with Crippen LogP contribution >= 0.6 is 0 Å². The number of aryl methyl sites for hydroxylation is 1. The van der Waals surface area contributed by atoms with E-state index in [2.05, 4.69) is 15.6 Å². The molecule has 0 aliphatic carbocycles. The number of aromatic nitrogens is 2. The number of rotatable bonds is 4. The lowest BCUT2D eigenvalue weighted by atomic mass is 10.1. The number of fused-ring (bicyclic) bond motifs is 1. The average molecular weight is 442 g/mol. The highest BCUT2D eigenvalue weighted by Crippen LogP contribution is 2.33. The smallest absolute Gasteiger partial charge is 0.343 e. The highest BCUT2D eigenvalue weighted by molar-refractivity contribution is 6.05. The van der Waals surface area contributed by atoms with Crippen LogP contribution in [0.4, 0.5) is 33.7 Å². The number of carbonyl (C=O) groups excluding carboxylic acids is 1. The van der Waals surface area contributed by atoms with Gasteiger partial charge in [-0.05, 0) is 48.9 Å². The molecule has 0 aliphatic heterocycles. The Balaban J connectivity index is 1.54. The van der Waals surface area contributed by atoms with Crippen molar-refractivity contribution in [3.63, 3.8) is 0 Å². The van der Waals surface area contributed by atoms with Gasteiger partial charge in [0.15, 0.2) is 0 Å². The number of anilines is 2. The standard InChI is InChI=1S/C23H18F4N4O/c1-14-5-6-16(11-18(14)23(25,26)27)29-22(32)30-20-3-2-4-21-17(20)8-10-31(21)13-15-7-9-28-12-19(15)24/h2-12H,13H2,1H3,(H2,29,30,32). The summed E-state index contributed by atoms with van der Waals surface area (Å²) in [4.78, 5) is 16.2. The number of urea groups is 1. The van der Waals surface area contributed by atoms with Gasteiger partial charge in [-0.2, -0.15) is 13.2 Å². The summed E-state index contributed by atoms with van der Waals surface area (Å²) in [6.45, 7) is 1.63. The Kier molecular flexibility index (Phi) is 5.56. The van der Waals surface area contributed by atoms with Gasteiger partial charge >= 0.3 is 12.2 Å². The van der Waals surface area contributed by atoms with Crippen molar-refractivity contribution in [3.8, 4) is 0 Å². The number of hydrogen-bond acceptors (Lipinski definition) is 2. The Hall–Kier alpha value is -3.88. The minimum atomic E-state index is -4.51. The van der Waals surface area contributed by atoms with Crippen LogP contribution in [0.1, 0.15) is 16.7 Å². The number of amides is 2. The molecular weight excluding hydrogens is 424 g/mol. The zero-order chi connectivity index (χ0) is 22.9. The van der Waals surface area contributed by atoms with Crippen molar-refractivity contribution < 1.29 is 22.4 Å². The summed E-state index contributed by atoms with van der Waals surface area (Å²) in [7, 11) is 0. The number of pyridine rings is 1. The van der Waals surface area contributed by atoms with Gasteiger partial charge < -0.3 is 15.2 Å². The number of nitrogens with zero attached hydrogens (tertiary/aromatic N) is 2. The summed E-state index contributed by atoms with van der Waals surface area (Å²) in [6.07, 6.45) is -0.0887. The Morgan fingerprint density at radius 3 is 2.66 bits per heavy atom. The largest absolute Gasteiger partial charge is 0.416 e. The fourth-order valence-corrected chi connectivity index (χ4v) is 3.48. The van der Waals surface area contributed by atoms with Gasteiger partial charge in [0.1, 0.15) is 5.82 Å². The van der Waals surface area contributed by atoms with Crippen molar-refractivity contribution >= 4 is 28.3 Å². The van der Waals surface area contributed by atoms with E-state index >= 15 is 0 Å². The zero-order valence-electron chi connectivity index (χ0n) is 16.9. The van der Waals surface area contributed by atoms with Gasteiger partial charge in [0, 0.05) is 29.0 Å². The van der Waals surface area contributed by atoms with Crippen molar-refractivity contribution in [1.29, 1.82) is 0 Å². The third-order valence-electron chi connectivity index (χ3n) is 5.06. The molecule has 0 spiro atoms. The molecule has 2 amide bonds. The van der Waals surface area contributed by atoms with Gasteiger partial charge in [0.2, 0.25) is 0 Å². The van der Waals surface area contributed by atoms with Crippen LogP contribution in [0.3, 0.4) is 0 Å². The maximum absolute atomic E-state index is 14.0. The van der Waals surface area contributed by atoms with Crippen molar-refractivity contribution in [1.82, 2.24) is 9.55 Å². The summed E-state index contributed by atoms with van der Waals surface area (Å²) in [6, 6.07) is 11.5. The summed E-state index contributed by atoms with van der Waals surface area (Å²) < 4.78 is 55.1. The van der Waals surface area contributed by atoms with Crippen LogP contribution < -0.4 is 10.6 Å². The normalized spacial score (nSPS) is 11.5. The predicted molar refractivity (Wildman–Crippen MR) is 114 cm³/mol. The molecule has 0 atom stereocenters. The molecule has 32 heavy (non-hydrogen) atoms. The molecule has 0 saturated carbocycles. The van der Waals surface area contributed by atoms with Crippen LogP contribution in [0.15, 0.2) is 67.1 Å². The van der Waals surface area contributed by atoms with Crippen molar-refractivity contribution in [2.45, 2.75) is 19.6 Å². The predicted octanol–water partition coefficient (Wildman–Crippen LogP) is 6.19. The molecule has 0 radical (unpaired) electrons. The van der Waals surface area contributed by atoms with Crippen LogP contribution in [0.25, 0.3) is 10.9 Å². The number of hydrogen-bond donors (Lipinski definition) is 2.